The van der Waals surface area contributed by atoms with Crippen LogP contribution in [-0.4, -0.2) is 18.5 Å². The fourth-order valence-corrected chi connectivity index (χ4v) is 0. The van der Waals surface area contributed by atoms with Gasteiger partial charge in [0.2, 0.25) is 0 Å². The summed E-state index contributed by atoms with van der Waals surface area (Å²) in [4.78, 5) is 0. The van der Waals surface area contributed by atoms with E-state index in [2.05, 4.69) is 0 Å². The highest BCUT2D eigenvalue weighted by Gasteiger charge is 2.36. The Labute approximate surface area is 55.0 Å². The fraction of sp³-hybridized carbons (Fsp3) is 1.00. The lowest BCUT2D eigenvalue weighted by atomic mass is 11.6. The Morgan fingerprint density at radius 2 is 1.33 bits per heavy atom. The molecule has 0 bridgehead atoms. The van der Waals surface area contributed by atoms with E-state index in [-0.39, 0.29) is 12.4 Å². The van der Waals surface area contributed by atoms with Gasteiger partial charge in [0.05, 0.1) is 0 Å². The van der Waals surface area contributed by atoms with Crippen molar-refractivity contribution in [2.45, 2.75) is 5.51 Å². The summed E-state index contributed by atoms with van der Waals surface area (Å²) in [5, 5.41) is 0. The third-order valence-corrected chi connectivity index (χ3v) is 0.850. The van der Waals surface area contributed by atoms with E-state index < -0.39 is 15.6 Å². The number of rotatable bonds is 0. The highest BCUT2D eigenvalue weighted by molar-refractivity contribution is 7.86. The molecule has 0 aliphatic rings. The van der Waals surface area contributed by atoms with E-state index in [1.807, 2.05) is 0 Å². The molecule has 0 atom stereocenters. The molecule has 0 unspecified atom stereocenters. The first-order chi connectivity index (χ1) is 3.25. The molecular weight excluding hydrogens is 185 g/mol. The van der Waals surface area contributed by atoms with Crippen LogP contribution in [0.3, 0.4) is 0 Å². The number of halogens is 4. The van der Waals surface area contributed by atoms with Gasteiger partial charge in [-0.15, -0.1) is 0 Å². The van der Waals surface area contributed by atoms with Gasteiger partial charge in [-0.1, -0.05) is 0 Å². The van der Waals surface area contributed by atoms with E-state index in [1.165, 1.54) is 0 Å². The molecule has 0 amide bonds. The Morgan fingerprint density at radius 3 is 1.33 bits per heavy atom. The van der Waals surface area contributed by atoms with Gasteiger partial charge in [-0.25, -0.2) is 8.42 Å². The van der Waals surface area contributed by atoms with Gasteiger partial charge in [0.15, 0.2) is 10.1 Å². The normalized spacial score (nSPS) is 12.4. The first-order valence-corrected chi connectivity index (χ1v) is 2.68. The Morgan fingerprint density at radius 1 is 1.22 bits per heavy atom. The summed E-state index contributed by atoms with van der Waals surface area (Å²) in [5.41, 5.74) is -5.65. The zero-order valence-electron chi connectivity index (χ0n) is 3.64. The second kappa shape index (κ2) is 2.72. The van der Waals surface area contributed by atoms with Gasteiger partial charge >= 0.3 is 5.51 Å². The van der Waals surface area contributed by atoms with Gasteiger partial charge < -0.3 is 17.0 Å². The predicted molar refractivity (Wildman–Crippen MR) is 15.8 cm³/mol. The van der Waals surface area contributed by atoms with Gasteiger partial charge in [-0.05, 0) is 0 Å². The van der Waals surface area contributed by atoms with Crippen LogP contribution < -0.4 is 12.4 Å². The van der Waals surface area contributed by atoms with Crippen LogP contribution in [0.15, 0.2) is 0 Å². The van der Waals surface area contributed by atoms with Crippen LogP contribution in [0.4, 0.5) is 13.2 Å². The quantitative estimate of drug-likeness (QED) is 0.299. The summed E-state index contributed by atoms with van der Waals surface area (Å²) < 4.78 is 58.9. The van der Waals surface area contributed by atoms with Crippen molar-refractivity contribution in [2.75, 3.05) is 0 Å². The van der Waals surface area contributed by atoms with Crippen molar-refractivity contribution >= 4 is 10.1 Å². The molecule has 0 N–H and O–H groups in total. The van der Waals surface area contributed by atoms with Gasteiger partial charge in [-0.3, -0.25) is 0 Å². The first-order valence-electron chi connectivity index (χ1n) is 1.27. The molecule has 0 saturated carbocycles. The van der Waals surface area contributed by atoms with E-state index in [4.69, 9.17) is 13.0 Å². The topological polar surface area (TPSA) is 57.2 Å². The molecule has 3 nitrogen and oxygen atoms in total. The first kappa shape index (κ1) is 11.7. The van der Waals surface area contributed by atoms with Crippen molar-refractivity contribution in [3.8, 4) is 0 Å². The lowest BCUT2D eigenvalue weighted by Crippen LogP contribution is -3.00. The minimum atomic E-state index is -6.09. The molecule has 8 heteroatoms. The molecule has 0 aromatic heterocycles. The largest absolute Gasteiger partial charge is 1.00 e. The smallest absolute Gasteiger partial charge is 0.485 e. The average molecular weight is 185 g/mol. The third kappa shape index (κ3) is 3.55. The van der Waals surface area contributed by atoms with Gasteiger partial charge in [0, 0.05) is 0 Å². The van der Waals surface area contributed by atoms with Crippen LogP contribution in [0, 0.1) is 0 Å². The summed E-state index contributed by atoms with van der Waals surface area (Å²) in [6.45, 7) is 0. The number of hydrogen-bond donors (Lipinski definition) is 0. The second-order valence-corrected chi connectivity index (χ2v) is 2.27. The van der Waals surface area contributed by atoms with Gasteiger partial charge in [-0.2, -0.15) is 13.2 Å². The van der Waals surface area contributed by atoms with Crippen molar-refractivity contribution in [2.24, 2.45) is 0 Å². The maximum Gasteiger partial charge on any atom is 0.485 e. The highest BCUT2D eigenvalue weighted by atomic mass is 35.5. The summed E-state index contributed by atoms with van der Waals surface area (Å²) in [6.07, 6.45) is 0. The molecule has 0 aromatic rings. The van der Waals surface area contributed by atoms with Crippen LogP contribution in [0.2, 0.25) is 0 Å². The summed E-state index contributed by atoms with van der Waals surface area (Å²) in [7, 11) is -6.09. The Bertz CT molecular complexity index is 168. The zero-order valence-corrected chi connectivity index (χ0v) is 5.22. The van der Waals surface area contributed by atoms with Crippen molar-refractivity contribution < 1.29 is 38.5 Å². The molecule has 0 aliphatic heterocycles. The lowest BCUT2D eigenvalue weighted by Gasteiger charge is -2.08. The van der Waals surface area contributed by atoms with Crippen LogP contribution in [0.1, 0.15) is 0 Å². The average Bonchev–Trinajstić information content (AvgIpc) is 1.25. The molecule has 0 aliphatic carbocycles. The van der Waals surface area contributed by atoms with Crippen molar-refractivity contribution in [3.63, 3.8) is 0 Å². The Kier molecular flexibility index (Phi) is 3.54. The lowest BCUT2D eigenvalue weighted by molar-refractivity contribution is -0.0517. The van der Waals surface area contributed by atoms with E-state index in [0.717, 1.165) is 0 Å². The summed E-state index contributed by atoms with van der Waals surface area (Å²) >= 11 is 0. The van der Waals surface area contributed by atoms with Crippen LogP contribution in [-0.2, 0) is 10.1 Å². The van der Waals surface area contributed by atoms with E-state index in [1.54, 1.807) is 0 Å². The molecule has 9 heavy (non-hydrogen) atoms. The van der Waals surface area contributed by atoms with Crippen molar-refractivity contribution in [1.82, 2.24) is 0 Å². The maximum atomic E-state index is 10.7. The molecule has 0 fully saturated rings. The van der Waals surface area contributed by atoms with Crippen LogP contribution in [0.5, 0.6) is 0 Å². The fourth-order valence-electron chi connectivity index (χ4n) is 0. The molecule has 58 valence electrons. The van der Waals surface area contributed by atoms with E-state index in [9.17, 15) is 13.2 Å². The minimum Gasteiger partial charge on any atom is -1.00 e. The number of hydrogen-bond acceptors (Lipinski definition) is 3. The molecule has 0 spiro atoms. The highest BCUT2D eigenvalue weighted by Crippen LogP contribution is 2.20. The number of alkyl halides is 3. The second-order valence-electron chi connectivity index (χ2n) is 0.900. The Hall–Kier alpha value is -0.0100. The van der Waals surface area contributed by atoms with Crippen molar-refractivity contribution in [3.05, 3.63) is 0 Å². The summed E-state index contributed by atoms with van der Waals surface area (Å²) in [6, 6.07) is 0. The maximum absolute atomic E-state index is 10.7. The summed E-state index contributed by atoms with van der Waals surface area (Å²) in [5.74, 6) is 0. The Balaban J connectivity index is 0. The predicted octanol–water partition coefficient (Wildman–Crippen LogP) is -2.94. The van der Waals surface area contributed by atoms with Crippen LogP contribution in [0.25, 0.3) is 0 Å². The molecule has 0 aromatic carbocycles. The molecule has 0 saturated heterocycles. The standard InChI is InChI=1S/CHF3O3S.ClH/c2-1(3,4)8(5,6)7;/h(H,5,6,7);1H/p-2. The minimum absolute atomic E-state index is 0. The molecule has 0 heterocycles. The monoisotopic (exact) mass is 184 g/mol. The van der Waals surface area contributed by atoms with Gasteiger partial charge in [0.1, 0.15) is 0 Å². The van der Waals surface area contributed by atoms with Crippen molar-refractivity contribution in [1.29, 1.82) is 0 Å². The van der Waals surface area contributed by atoms with Gasteiger partial charge in [0.25, 0.3) is 0 Å². The molecule has 0 rings (SSSR count). The molecule has 0 radical (unpaired) electrons. The van der Waals surface area contributed by atoms with Crippen LogP contribution >= 0.6 is 0 Å². The third-order valence-electron chi connectivity index (χ3n) is 0.283. The van der Waals surface area contributed by atoms with E-state index >= 15 is 0 Å². The molecular formula is CClF3O3S-2. The zero-order chi connectivity index (χ0) is 7.00. The SMILES string of the molecule is O=S(=O)([O-])C(F)(F)F.[Cl-]. The van der Waals surface area contributed by atoms with E-state index in [0.29, 0.717) is 0 Å².